The molecule has 1 saturated carbocycles. The van der Waals surface area contributed by atoms with Crippen LogP contribution in [0.3, 0.4) is 0 Å². The molecule has 0 heterocycles. The normalized spacial score (nSPS) is 28.5. The topological polar surface area (TPSA) is 12.0 Å². The summed E-state index contributed by atoms with van der Waals surface area (Å²) in [7, 11) is 0. The van der Waals surface area contributed by atoms with Gasteiger partial charge in [0.2, 0.25) is 0 Å². The average molecular weight is 169 g/mol. The van der Waals surface area contributed by atoms with Gasteiger partial charge >= 0.3 is 0 Å². The molecule has 0 spiro atoms. The zero-order valence-electron chi connectivity index (χ0n) is 9.41. The molecular weight excluding hydrogens is 146 g/mol. The van der Waals surface area contributed by atoms with Crippen LogP contribution in [0.5, 0.6) is 0 Å². The molecule has 0 aromatic heterocycles. The van der Waals surface area contributed by atoms with Gasteiger partial charge in [-0.15, -0.1) is 0 Å². The molecule has 0 unspecified atom stereocenters. The van der Waals surface area contributed by atoms with Crippen molar-refractivity contribution < 1.29 is 0 Å². The van der Waals surface area contributed by atoms with E-state index in [9.17, 15) is 0 Å². The number of hydrogen-bond donors (Lipinski definition) is 1. The third-order valence-electron chi connectivity index (χ3n) is 4.73. The lowest BCUT2D eigenvalue weighted by molar-refractivity contribution is 0.421. The van der Waals surface area contributed by atoms with E-state index in [0.29, 0.717) is 16.4 Å². The van der Waals surface area contributed by atoms with E-state index in [4.69, 9.17) is 0 Å². The molecule has 0 aliphatic heterocycles. The predicted molar refractivity (Wildman–Crippen MR) is 54.3 cm³/mol. The summed E-state index contributed by atoms with van der Waals surface area (Å²) in [5, 5.41) is 3.66. The zero-order valence-corrected chi connectivity index (χ0v) is 9.41. The number of nitrogens with one attached hydrogen (secondary N) is 1. The lowest BCUT2D eigenvalue weighted by Gasteiger charge is -2.17. The highest BCUT2D eigenvalue weighted by Crippen LogP contribution is 2.70. The van der Waals surface area contributed by atoms with E-state index in [0.717, 1.165) is 6.54 Å². The Labute approximate surface area is 76.9 Å². The summed E-state index contributed by atoms with van der Waals surface area (Å²) in [6, 6.07) is 0. The minimum atomic E-state index is 0.343. The van der Waals surface area contributed by atoms with Crippen molar-refractivity contribution in [3.63, 3.8) is 0 Å². The van der Waals surface area contributed by atoms with Gasteiger partial charge in [-0.3, -0.25) is 0 Å². The average Bonchev–Trinajstić information content (AvgIpc) is 2.26. The highest BCUT2D eigenvalue weighted by Gasteiger charge is 2.73. The quantitative estimate of drug-likeness (QED) is 0.685. The van der Waals surface area contributed by atoms with Crippen molar-refractivity contribution in [1.29, 1.82) is 0 Å². The van der Waals surface area contributed by atoms with Crippen molar-refractivity contribution in [1.82, 2.24) is 5.32 Å². The second kappa shape index (κ2) is 2.47. The first kappa shape index (κ1) is 10.0. The summed E-state index contributed by atoms with van der Waals surface area (Å²) >= 11 is 0. The van der Waals surface area contributed by atoms with Gasteiger partial charge in [-0.25, -0.2) is 0 Å². The molecule has 1 nitrogen and oxygen atoms in total. The van der Waals surface area contributed by atoms with Crippen LogP contribution in [0.15, 0.2) is 0 Å². The largest absolute Gasteiger partial charge is 0.310 e. The fourth-order valence-corrected chi connectivity index (χ4v) is 2.41. The van der Waals surface area contributed by atoms with E-state index in [-0.39, 0.29) is 0 Å². The van der Waals surface area contributed by atoms with Crippen molar-refractivity contribution in [2.24, 2.45) is 10.8 Å². The van der Waals surface area contributed by atoms with E-state index in [1.165, 1.54) is 6.42 Å². The van der Waals surface area contributed by atoms with E-state index in [2.05, 4.69) is 46.9 Å². The van der Waals surface area contributed by atoms with Crippen LogP contribution in [-0.2, 0) is 0 Å². The molecule has 1 fully saturated rings. The highest BCUT2D eigenvalue weighted by atomic mass is 15.1. The van der Waals surface area contributed by atoms with Gasteiger partial charge in [-0.1, -0.05) is 34.6 Å². The van der Waals surface area contributed by atoms with Crippen molar-refractivity contribution >= 4 is 0 Å². The Kier molecular flexibility index (Phi) is 2.07. The van der Waals surface area contributed by atoms with Gasteiger partial charge in [0.25, 0.3) is 0 Å². The van der Waals surface area contributed by atoms with Gasteiger partial charge in [0.15, 0.2) is 0 Å². The van der Waals surface area contributed by atoms with Crippen molar-refractivity contribution in [2.75, 3.05) is 6.54 Å². The maximum absolute atomic E-state index is 3.66. The van der Waals surface area contributed by atoms with Gasteiger partial charge in [-0.2, -0.15) is 0 Å². The number of rotatable bonds is 3. The Bertz CT molecular complexity index is 165. The van der Waals surface area contributed by atoms with Crippen LogP contribution in [0.25, 0.3) is 0 Å². The summed E-state index contributed by atoms with van der Waals surface area (Å²) in [5.74, 6) is 0. The van der Waals surface area contributed by atoms with E-state index in [1.54, 1.807) is 0 Å². The van der Waals surface area contributed by atoms with Crippen molar-refractivity contribution in [3.05, 3.63) is 0 Å². The first-order valence-electron chi connectivity index (χ1n) is 5.06. The Morgan fingerprint density at radius 3 is 1.58 bits per heavy atom. The molecule has 1 heteroatoms. The molecule has 0 saturated heterocycles. The second-order valence-electron chi connectivity index (χ2n) is 5.30. The lowest BCUT2D eigenvalue weighted by atomic mass is 10.0. The molecule has 1 N–H and O–H groups in total. The molecule has 0 amide bonds. The van der Waals surface area contributed by atoms with E-state index in [1.807, 2.05) is 0 Å². The summed E-state index contributed by atoms with van der Waals surface area (Å²) in [6.45, 7) is 15.1. The third kappa shape index (κ3) is 0.891. The van der Waals surface area contributed by atoms with Crippen molar-refractivity contribution in [2.45, 2.75) is 53.5 Å². The van der Waals surface area contributed by atoms with Gasteiger partial charge in [0.05, 0.1) is 0 Å². The summed E-state index contributed by atoms with van der Waals surface area (Å²) in [6.07, 6.45) is 1.22. The van der Waals surface area contributed by atoms with E-state index < -0.39 is 0 Å². The molecule has 0 radical (unpaired) electrons. The van der Waals surface area contributed by atoms with Gasteiger partial charge in [0.1, 0.15) is 0 Å². The Hall–Kier alpha value is -0.0400. The fourth-order valence-electron chi connectivity index (χ4n) is 2.41. The molecule has 72 valence electrons. The fraction of sp³-hybridized carbons (Fsp3) is 1.00. The smallest absolute Gasteiger partial charge is 0.0266 e. The van der Waals surface area contributed by atoms with Crippen LogP contribution in [0.2, 0.25) is 0 Å². The van der Waals surface area contributed by atoms with Crippen LogP contribution in [0.4, 0.5) is 0 Å². The molecule has 1 rings (SSSR count). The summed E-state index contributed by atoms with van der Waals surface area (Å²) in [5.41, 5.74) is 1.22. The van der Waals surface area contributed by atoms with Crippen LogP contribution in [0, 0.1) is 10.8 Å². The summed E-state index contributed by atoms with van der Waals surface area (Å²) < 4.78 is 0. The van der Waals surface area contributed by atoms with Crippen molar-refractivity contribution in [3.8, 4) is 0 Å². The molecular formula is C11H23N. The molecule has 0 bridgehead atoms. The standard InChI is InChI=1S/C11H23N/c1-7-8-12-11(6)9(2,3)10(11,4)5/h12H,7-8H2,1-6H3. The highest BCUT2D eigenvalue weighted by molar-refractivity contribution is 5.27. The zero-order chi connectivity index (χ0) is 9.62. The maximum atomic E-state index is 3.66. The van der Waals surface area contributed by atoms with E-state index >= 15 is 0 Å². The van der Waals surface area contributed by atoms with Crippen LogP contribution < -0.4 is 5.32 Å². The van der Waals surface area contributed by atoms with Crippen LogP contribution in [0.1, 0.15) is 48.0 Å². The maximum Gasteiger partial charge on any atom is 0.0266 e. The summed E-state index contributed by atoms with van der Waals surface area (Å²) in [4.78, 5) is 0. The van der Waals surface area contributed by atoms with Gasteiger partial charge < -0.3 is 5.32 Å². The second-order valence-corrected chi connectivity index (χ2v) is 5.30. The third-order valence-corrected chi connectivity index (χ3v) is 4.73. The molecule has 0 aromatic rings. The molecule has 0 aromatic carbocycles. The number of hydrogen-bond acceptors (Lipinski definition) is 1. The van der Waals surface area contributed by atoms with Gasteiger partial charge in [0, 0.05) is 5.54 Å². The molecule has 12 heavy (non-hydrogen) atoms. The van der Waals surface area contributed by atoms with Crippen LogP contribution >= 0.6 is 0 Å². The first-order chi connectivity index (χ1) is 5.31. The van der Waals surface area contributed by atoms with Gasteiger partial charge in [-0.05, 0) is 30.7 Å². The molecule has 0 atom stereocenters. The molecule has 1 aliphatic rings. The monoisotopic (exact) mass is 169 g/mol. The Balaban J connectivity index is 2.65. The molecule has 1 aliphatic carbocycles. The SMILES string of the molecule is CCCNC1(C)C(C)(C)C1(C)C. The minimum absolute atomic E-state index is 0.343. The Morgan fingerprint density at radius 2 is 1.33 bits per heavy atom. The Morgan fingerprint density at radius 1 is 0.917 bits per heavy atom. The first-order valence-corrected chi connectivity index (χ1v) is 5.06. The minimum Gasteiger partial charge on any atom is -0.310 e. The lowest BCUT2D eigenvalue weighted by Crippen LogP contribution is -2.35. The van der Waals surface area contributed by atoms with Crippen LogP contribution in [-0.4, -0.2) is 12.1 Å². The predicted octanol–water partition coefficient (Wildman–Crippen LogP) is 2.81.